The second-order valence-corrected chi connectivity index (χ2v) is 5.21. The van der Waals surface area contributed by atoms with Gasteiger partial charge in [0.25, 0.3) is 0 Å². The van der Waals surface area contributed by atoms with E-state index in [1.54, 1.807) is 0 Å². The number of rotatable bonds is 4. The summed E-state index contributed by atoms with van der Waals surface area (Å²) in [7, 11) is 1.44. The molecule has 1 amide bonds. The molecule has 0 heterocycles. The molecule has 0 fully saturated rings. The highest BCUT2D eigenvalue weighted by molar-refractivity contribution is 5.78. The van der Waals surface area contributed by atoms with Crippen LogP contribution in [-0.2, 0) is 23.9 Å². The predicted molar refractivity (Wildman–Crippen MR) is 78.0 cm³/mol. The minimum absolute atomic E-state index is 0.00493. The molecule has 0 radical (unpaired) electrons. The maximum atomic E-state index is 12.9. The molecule has 122 valence electrons. The van der Waals surface area contributed by atoms with Crippen molar-refractivity contribution >= 4 is 5.91 Å². The van der Waals surface area contributed by atoms with Crippen molar-refractivity contribution in [3.8, 4) is 0 Å². The zero-order chi connectivity index (χ0) is 17.0. The van der Waals surface area contributed by atoms with Crippen molar-refractivity contribution in [2.75, 3.05) is 7.05 Å². The number of alkyl halides is 3. The molecule has 0 atom stereocenters. The van der Waals surface area contributed by atoms with E-state index in [9.17, 15) is 22.4 Å². The first kappa shape index (κ1) is 17.0. The van der Waals surface area contributed by atoms with E-state index in [1.807, 2.05) is 0 Å². The van der Waals surface area contributed by atoms with E-state index in [0.29, 0.717) is 5.56 Å². The third-order valence-corrected chi connectivity index (χ3v) is 3.42. The van der Waals surface area contributed by atoms with E-state index in [4.69, 9.17) is 0 Å². The van der Waals surface area contributed by atoms with Crippen LogP contribution in [0.1, 0.15) is 16.7 Å². The Kier molecular flexibility index (Phi) is 5.03. The fourth-order valence-corrected chi connectivity index (χ4v) is 2.19. The average Bonchev–Trinajstić information content (AvgIpc) is 2.49. The van der Waals surface area contributed by atoms with E-state index in [2.05, 4.69) is 0 Å². The number of hydrogen-bond donors (Lipinski definition) is 0. The number of likely N-dealkylation sites (N-methyl/N-ethyl adjacent to an activating group) is 1. The van der Waals surface area contributed by atoms with Gasteiger partial charge in [-0.2, -0.15) is 13.2 Å². The molecule has 0 aromatic heterocycles. The zero-order valence-electron chi connectivity index (χ0n) is 12.4. The monoisotopic (exact) mass is 325 g/mol. The number of halogens is 4. The molecule has 0 spiro atoms. The molecule has 2 rings (SSSR count). The molecule has 0 bridgehead atoms. The Hall–Kier alpha value is -2.37. The largest absolute Gasteiger partial charge is 0.416 e. The molecule has 23 heavy (non-hydrogen) atoms. The number of benzene rings is 2. The third-order valence-electron chi connectivity index (χ3n) is 3.42. The van der Waals surface area contributed by atoms with Gasteiger partial charge in [-0.15, -0.1) is 0 Å². The zero-order valence-corrected chi connectivity index (χ0v) is 12.4. The smallest absolute Gasteiger partial charge is 0.341 e. The normalized spacial score (nSPS) is 11.3. The minimum atomic E-state index is -4.46. The second-order valence-electron chi connectivity index (χ2n) is 5.21. The SMILES string of the molecule is CN(Cc1ccccc1C(F)(F)F)C(=O)Cc1ccc(F)cc1. The predicted octanol–water partition coefficient (Wildman–Crippen LogP) is 4.05. The molecule has 6 heteroatoms. The molecule has 2 aromatic rings. The van der Waals surface area contributed by atoms with Crippen molar-refractivity contribution in [3.63, 3.8) is 0 Å². The summed E-state index contributed by atoms with van der Waals surface area (Å²) in [5.74, 6) is -0.748. The summed E-state index contributed by atoms with van der Waals surface area (Å²) in [5.41, 5.74) is -0.108. The fourth-order valence-electron chi connectivity index (χ4n) is 2.19. The van der Waals surface area contributed by atoms with Crippen LogP contribution in [0.4, 0.5) is 17.6 Å². The number of hydrogen-bond acceptors (Lipinski definition) is 1. The average molecular weight is 325 g/mol. The van der Waals surface area contributed by atoms with Gasteiger partial charge in [-0.05, 0) is 29.3 Å². The molecule has 0 N–H and O–H groups in total. The van der Waals surface area contributed by atoms with Gasteiger partial charge in [0.1, 0.15) is 5.82 Å². The number of amides is 1. The highest BCUT2D eigenvalue weighted by Crippen LogP contribution is 2.32. The van der Waals surface area contributed by atoms with Crippen molar-refractivity contribution in [1.82, 2.24) is 4.90 Å². The van der Waals surface area contributed by atoms with E-state index in [1.165, 1.54) is 54.4 Å². The quantitative estimate of drug-likeness (QED) is 0.777. The van der Waals surface area contributed by atoms with Crippen LogP contribution >= 0.6 is 0 Å². The Bertz CT molecular complexity index is 680. The first-order valence-corrected chi connectivity index (χ1v) is 6.91. The first-order valence-electron chi connectivity index (χ1n) is 6.91. The van der Waals surface area contributed by atoms with Crippen molar-refractivity contribution in [3.05, 3.63) is 71.0 Å². The van der Waals surface area contributed by atoms with E-state index < -0.39 is 17.6 Å². The van der Waals surface area contributed by atoms with E-state index >= 15 is 0 Å². The summed E-state index contributed by atoms with van der Waals surface area (Å²) in [6.45, 7) is -0.143. The standard InChI is InChI=1S/C17H15F4NO/c1-22(16(23)10-12-6-8-14(18)9-7-12)11-13-4-2-3-5-15(13)17(19,20)21/h2-9H,10-11H2,1H3. The van der Waals surface area contributed by atoms with Crippen molar-refractivity contribution < 1.29 is 22.4 Å². The van der Waals surface area contributed by atoms with Crippen LogP contribution in [0.25, 0.3) is 0 Å². The van der Waals surface area contributed by atoms with Crippen LogP contribution in [0.15, 0.2) is 48.5 Å². The molecular weight excluding hydrogens is 310 g/mol. The second kappa shape index (κ2) is 6.81. The topological polar surface area (TPSA) is 20.3 Å². The van der Waals surface area contributed by atoms with Gasteiger partial charge in [0.05, 0.1) is 12.0 Å². The summed E-state index contributed by atoms with van der Waals surface area (Å²) >= 11 is 0. The highest BCUT2D eigenvalue weighted by atomic mass is 19.4. The molecule has 0 saturated heterocycles. The summed E-state index contributed by atoms with van der Waals surface area (Å²) < 4.78 is 51.7. The lowest BCUT2D eigenvalue weighted by Crippen LogP contribution is -2.28. The Labute approximate surface area is 131 Å². The Morgan fingerprint density at radius 1 is 1.04 bits per heavy atom. The molecular formula is C17H15F4NO. The van der Waals surface area contributed by atoms with Gasteiger partial charge in [0.2, 0.25) is 5.91 Å². The summed E-state index contributed by atoms with van der Waals surface area (Å²) in [6, 6.07) is 10.6. The van der Waals surface area contributed by atoms with Crippen molar-refractivity contribution in [2.45, 2.75) is 19.1 Å². The molecule has 2 nitrogen and oxygen atoms in total. The minimum Gasteiger partial charge on any atom is -0.341 e. The van der Waals surface area contributed by atoms with Gasteiger partial charge >= 0.3 is 6.18 Å². The van der Waals surface area contributed by atoms with Crippen LogP contribution in [0.3, 0.4) is 0 Å². The first-order chi connectivity index (χ1) is 10.8. The van der Waals surface area contributed by atoms with Gasteiger partial charge in [0.15, 0.2) is 0 Å². The highest BCUT2D eigenvalue weighted by Gasteiger charge is 2.33. The number of carbonyl (C=O) groups is 1. The Morgan fingerprint density at radius 3 is 2.26 bits per heavy atom. The number of nitrogens with zero attached hydrogens (tertiary/aromatic N) is 1. The van der Waals surface area contributed by atoms with Gasteiger partial charge < -0.3 is 4.90 Å². The van der Waals surface area contributed by atoms with Crippen molar-refractivity contribution in [1.29, 1.82) is 0 Å². The van der Waals surface area contributed by atoms with E-state index in [0.717, 1.165) is 6.07 Å². The van der Waals surface area contributed by atoms with Crippen LogP contribution in [0.5, 0.6) is 0 Å². The maximum Gasteiger partial charge on any atom is 0.416 e. The van der Waals surface area contributed by atoms with Gasteiger partial charge in [-0.25, -0.2) is 4.39 Å². The molecule has 0 saturated carbocycles. The van der Waals surface area contributed by atoms with Crippen LogP contribution < -0.4 is 0 Å². The van der Waals surface area contributed by atoms with Crippen LogP contribution in [-0.4, -0.2) is 17.9 Å². The summed E-state index contributed by atoms with van der Waals surface area (Å²) in [6.07, 6.45) is -4.46. The van der Waals surface area contributed by atoms with Gasteiger partial charge in [-0.3, -0.25) is 4.79 Å². The third kappa shape index (κ3) is 4.55. The fraction of sp³-hybridized carbons (Fsp3) is 0.235. The van der Waals surface area contributed by atoms with Crippen LogP contribution in [0, 0.1) is 5.82 Å². The summed E-state index contributed by atoms with van der Waals surface area (Å²) in [5, 5.41) is 0. The molecule has 0 unspecified atom stereocenters. The van der Waals surface area contributed by atoms with E-state index in [-0.39, 0.29) is 24.4 Å². The van der Waals surface area contributed by atoms with Gasteiger partial charge in [0, 0.05) is 13.6 Å². The Morgan fingerprint density at radius 2 is 1.65 bits per heavy atom. The lowest BCUT2D eigenvalue weighted by Gasteiger charge is -2.20. The molecule has 0 aliphatic rings. The molecule has 0 aliphatic heterocycles. The number of carbonyl (C=O) groups excluding carboxylic acids is 1. The van der Waals surface area contributed by atoms with Gasteiger partial charge in [-0.1, -0.05) is 30.3 Å². The lowest BCUT2D eigenvalue weighted by molar-refractivity contribution is -0.139. The lowest BCUT2D eigenvalue weighted by atomic mass is 10.1. The molecule has 2 aromatic carbocycles. The van der Waals surface area contributed by atoms with Crippen molar-refractivity contribution in [2.24, 2.45) is 0 Å². The molecule has 0 aliphatic carbocycles. The Balaban J connectivity index is 2.08. The maximum absolute atomic E-state index is 12.9. The summed E-state index contributed by atoms with van der Waals surface area (Å²) in [4.78, 5) is 13.3. The van der Waals surface area contributed by atoms with Crippen LogP contribution in [0.2, 0.25) is 0 Å².